The van der Waals surface area contributed by atoms with Gasteiger partial charge >= 0.3 is 0 Å². The summed E-state index contributed by atoms with van der Waals surface area (Å²) in [5, 5.41) is 10.1. The Labute approximate surface area is 127 Å². The maximum absolute atomic E-state index is 13.0. The Hall–Kier alpha value is -2.09. The highest BCUT2D eigenvalue weighted by atomic mass is 19.1. The molecular weight excluding hydrogens is 287 g/mol. The molecule has 0 aliphatic carbocycles. The van der Waals surface area contributed by atoms with Gasteiger partial charge in [0.05, 0.1) is 6.42 Å². The van der Waals surface area contributed by atoms with Crippen molar-refractivity contribution in [2.24, 2.45) is 0 Å². The van der Waals surface area contributed by atoms with Crippen LogP contribution in [0.25, 0.3) is 5.78 Å². The second-order valence-electron chi connectivity index (χ2n) is 5.70. The number of hydrogen-bond donors (Lipinski definition) is 2. The quantitative estimate of drug-likeness (QED) is 0.837. The van der Waals surface area contributed by atoms with Crippen LogP contribution in [0.4, 0.5) is 4.39 Å². The Morgan fingerprint density at radius 1 is 1.50 bits per heavy atom. The number of aryl methyl sites for hydroxylation is 2. The van der Waals surface area contributed by atoms with Crippen LogP contribution in [0.1, 0.15) is 23.6 Å². The lowest BCUT2D eigenvalue weighted by molar-refractivity contribution is -0.120. The largest absolute Gasteiger partial charge is 0.354 e. The van der Waals surface area contributed by atoms with Crippen molar-refractivity contribution in [1.82, 2.24) is 30.2 Å². The molecule has 1 amide bonds. The maximum atomic E-state index is 13.0. The Kier molecular flexibility index (Phi) is 4.02. The highest BCUT2D eigenvalue weighted by molar-refractivity contribution is 5.77. The zero-order chi connectivity index (χ0) is 15.7. The third-order valence-corrected chi connectivity index (χ3v) is 3.69. The minimum absolute atomic E-state index is 0.000427. The molecule has 7 nitrogen and oxygen atoms in total. The molecule has 0 aromatic carbocycles. The lowest BCUT2D eigenvalue weighted by Gasteiger charge is -2.10. The van der Waals surface area contributed by atoms with E-state index in [4.69, 9.17) is 0 Å². The number of amides is 1. The van der Waals surface area contributed by atoms with Crippen LogP contribution in [0.3, 0.4) is 0 Å². The summed E-state index contributed by atoms with van der Waals surface area (Å²) < 4.78 is 14.7. The fraction of sp³-hybridized carbons (Fsp3) is 0.571. The Bertz CT molecular complexity index is 700. The van der Waals surface area contributed by atoms with Gasteiger partial charge in [0, 0.05) is 30.5 Å². The van der Waals surface area contributed by atoms with Crippen LogP contribution in [0.5, 0.6) is 0 Å². The van der Waals surface area contributed by atoms with Crippen LogP contribution in [0.2, 0.25) is 0 Å². The summed E-state index contributed by atoms with van der Waals surface area (Å²) in [5.74, 6) is 0.758. The number of alkyl halides is 1. The molecule has 3 rings (SSSR count). The van der Waals surface area contributed by atoms with Crippen molar-refractivity contribution in [3.63, 3.8) is 0 Å². The van der Waals surface area contributed by atoms with Gasteiger partial charge < -0.3 is 10.6 Å². The highest BCUT2D eigenvalue weighted by Gasteiger charge is 2.23. The van der Waals surface area contributed by atoms with Crippen LogP contribution in [0.15, 0.2) is 6.07 Å². The average molecular weight is 306 g/mol. The lowest BCUT2D eigenvalue weighted by atomic mass is 10.2. The molecule has 0 saturated carbocycles. The number of hydrogen-bond acceptors (Lipinski definition) is 5. The lowest BCUT2D eigenvalue weighted by Crippen LogP contribution is -2.37. The molecule has 1 aliphatic rings. The van der Waals surface area contributed by atoms with E-state index >= 15 is 0 Å². The first-order valence-corrected chi connectivity index (χ1v) is 7.35. The molecule has 0 spiro atoms. The van der Waals surface area contributed by atoms with Gasteiger partial charge in [-0.25, -0.2) is 13.9 Å². The average Bonchev–Trinajstić information content (AvgIpc) is 3.02. The molecule has 2 N–H and O–H groups in total. The number of carbonyl (C=O) groups excluding carboxylic acids is 1. The van der Waals surface area contributed by atoms with Gasteiger partial charge in [-0.2, -0.15) is 4.98 Å². The summed E-state index contributed by atoms with van der Waals surface area (Å²) in [6.07, 6.45) is -0.289. The van der Waals surface area contributed by atoms with Gasteiger partial charge in [-0.1, -0.05) is 0 Å². The second kappa shape index (κ2) is 5.96. The summed E-state index contributed by atoms with van der Waals surface area (Å²) in [5.41, 5.74) is 1.78. The molecule has 2 atom stereocenters. The van der Waals surface area contributed by atoms with Gasteiger partial charge in [-0.3, -0.25) is 4.79 Å². The molecule has 0 unspecified atom stereocenters. The van der Waals surface area contributed by atoms with Crippen LogP contribution < -0.4 is 10.6 Å². The van der Waals surface area contributed by atoms with Crippen molar-refractivity contribution in [3.05, 3.63) is 23.3 Å². The second-order valence-corrected chi connectivity index (χ2v) is 5.70. The predicted octanol–water partition coefficient (Wildman–Crippen LogP) is 0.0998. The van der Waals surface area contributed by atoms with E-state index in [1.165, 1.54) is 0 Å². The predicted molar refractivity (Wildman–Crippen MR) is 78.3 cm³/mol. The van der Waals surface area contributed by atoms with Crippen molar-refractivity contribution in [2.45, 2.75) is 38.9 Å². The molecule has 1 aliphatic heterocycles. The smallest absolute Gasteiger partial charge is 0.252 e. The van der Waals surface area contributed by atoms with Crippen LogP contribution in [0, 0.1) is 13.8 Å². The van der Waals surface area contributed by atoms with E-state index in [2.05, 4.69) is 25.7 Å². The van der Waals surface area contributed by atoms with E-state index in [1.54, 1.807) is 4.52 Å². The molecule has 22 heavy (non-hydrogen) atoms. The van der Waals surface area contributed by atoms with Crippen molar-refractivity contribution in [2.75, 3.05) is 13.1 Å². The zero-order valence-electron chi connectivity index (χ0n) is 12.6. The molecule has 0 radical (unpaired) electrons. The number of nitrogens with one attached hydrogen (secondary N) is 2. The van der Waals surface area contributed by atoms with Crippen molar-refractivity contribution in [3.8, 4) is 0 Å². The van der Waals surface area contributed by atoms with Crippen LogP contribution in [-0.4, -0.2) is 50.8 Å². The topological polar surface area (TPSA) is 84.2 Å². The molecule has 118 valence electrons. The number of fused-ring (bicyclic) bond motifs is 1. The normalized spacial score (nSPS) is 21.4. The van der Waals surface area contributed by atoms with Crippen molar-refractivity contribution >= 4 is 11.7 Å². The van der Waals surface area contributed by atoms with Crippen LogP contribution >= 0.6 is 0 Å². The minimum Gasteiger partial charge on any atom is -0.354 e. The van der Waals surface area contributed by atoms with Gasteiger partial charge in [0.15, 0.2) is 5.82 Å². The standard InChI is InChI=1S/C14H19FN6O/c1-8-3-9(2)21-14(18-8)19-12(20-21)5-13(22)17-7-11-4-10(15)6-16-11/h3,10-11,16H,4-7H2,1-2H3,(H,17,22)/t10-,11-/m0/s1. The fourth-order valence-electron chi connectivity index (χ4n) is 2.65. The summed E-state index contributed by atoms with van der Waals surface area (Å²) >= 11 is 0. The van der Waals surface area contributed by atoms with Gasteiger partial charge in [0.2, 0.25) is 5.91 Å². The Balaban J connectivity index is 1.60. The SMILES string of the molecule is Cc1cc(C)n2nc(CC(=O)NC[C@@H]3C[C@H](F)CN3)nc2n1. The van der Waals surface area contributed by atoms with E-state index in [9.17, 15) is 9.18 Å². The van der Waals surface area contributed by atoms with Gasteiger partial charge in [0.25, 0.3) is 5.78 Å². The first-order chi connectivity index (χ1) is 10.5. The fourth-order valence-corrected chi connectivity index (χ4v) is 2.65. The molecule has 0 bridgehead atoms. The van der Waals surface area contributed by atoms with E-state index < -0.39 is 6.17 Å². The minimum atomic E-state index is -0.820. The highest BCUT2D eigenvalue weighted by Crippen LogP contribution is 2.09. The summed E-state index contributed by atoms with van der Waals surface area (Å²) in [7, 11) is 0. The van der Waals surface area contributed by atoms with E-state index in [-0.39, 0.29) is 18.4 Å². The number of halogens is 1. The number of carbonyl (C=O) groups is 1. The van der Waals surface area contributed by atoms with E-state index in [1.807, 2.05) is 19.9 Å². The molecule has 1 saturated heterocycles. The molecule has 2 aromatic rings. The van der Waals surface area contributed by atoms with Crippen molar-refractivity contribution < 1.29 is 9.18 Å². The first-order valence-electron chi connectivity index (χ1n) is 7.35. The van der Waals surface area contributed by atoms with Gasteiger partial charge in [-0.05, 0) is 26.3 Å². The van der Waals surface area contributed by atoms with Crippen LogP contribution in [-0.2, 0) is 11.2 Å². The third-order valence-electron chi connectivity index (χ3n) is 3.69. The first kappa shape index (κ1) is 14.8. The molecule has 2 aromatic heterocycles. The Morgan fingerprint density at radius 3 is 3.05 bits per heavy atom. The monoisotopic (exact) mass is 306 g/mol. The summed E-state index contributed by atoms with van der Waals surface area (Å²) in [6, 6.07) is 1.91. The summed E-state index contributed by atoms with van der Waals surface area (Å²) in [4.78, 5) is 20.5. The van der Waals surface area contributed by atoms with E-state index in [0.29, 0.717) is 31.1 Å². The zero-order valence-corrected chi connectivity index (χ0v) is 12.6. The molecule has 8 heteroatoms. The number of nitrogens with zero attached hydrogens (tertiary/aromatic N) is 4. The van der Waals surface area contributed by atoms with Gasteiger partial charge in [0.1, 0.15) is 6.17 Å². The van der Waals surface area contributed by atoms with E-state index in [0.717, 1.165) is 11.4 Å². The van der Waals surface area contributed by atoms with Gasteiger partial charge in [-0.15, -0.1) is 5.10 Å². The Morgan fingerprint density at radius 2 is 2.32 bits per heavy atom. The van der Waals surface area contributed by atoms with Crippen molar-refractivity contribution in [1.29, 1.82) is 0 Å². The molecule has 1 fully saturated rings. The maximum Gasteiger partial charge on any atom is 0.252 e. The summed E-state index contributed by atoms with van der Waals surface area (Å²) in [6.45, 7) is 4.59. The third kappa shape index (κ3) is 3.22. The molecular formula is C14H19FN6O. The molecule has 3 heterocycles. The number of rotatable bonds is 4. The number of aromatic nitrogens is 4.